The zero-order chi connectivity index (χ0) is 22.8. The van der Waals surface area contributed by atoms with Crippen molar-refractivity contribution in [2.75, 3.05) is 25.4 Å². The highest BCUT2D eigenvalue weighted by Gasteiger charge is 2.23. The molecule has 0 aliphatic carbocycles. The van der Waals surface area contributed by atoms with E-state index in [4.69, 9.17) is 15.1 Å². The number of nitrogen functional groups attached to an aromatic ring is 1. The number of benzene rings is 1. The lowest BCUT2D eigenvalue weighted by Crippen LogP contribution is -2.40. The molecule has 1 fully saturated rings. The summed E-state index contributed by atoms with van der Waals surface area (Å²) in [4.78, 5) is 32.2. The third-order valence-corrected chi connectivity index (χ3v) is 5.58. The molecule has 168 valence electrons. The molecule has 4 heterocycles. The minimum atomic E-state index is -0.643. The number of nitrogens with zero attached hydrogens (tertiary/aromatic N) is 7. The zero-order valence-electron chi connectivity index (χ0n) is 17.5. The van der Waals surface area contributed by atoms with Gasteiger partial charge < -0.3 is 10.5 Å². The summed E-state index contributed by atoms with van der Waals surface area (Å²) in [7, 11) is 0. The molecule has 5 rings (SSSR count). The van der Waals surface area contributed by atoms with Crippen molar-refractivity contribution in [3.05, 3.63) is 47.6 Å². The lowest BCUT2D eigenvalue weighted by atomic mass is 10.1. The molecule has 4 aromatic rings. The van der Waals surface area contributed by atoms with E-state index in [1.807, 2.05) is 39.8 Å². The van der Waals surface area contributed by atoms with E-state index in [0.29, 0.717) is 30.1 Å². The Labute approximate surface area is 187 Å². The highest BCUT2D eigenvalue weighted by atomic mass is 16.6. The summed E-state index contributed by atoms with van der Waals surface area (Å²) >= 11 is 0. The van der Waals surface area contributed by atoms with Gasteiger partial charge in [0.2, 0.25) is 0 Å². The summed E-state index contributed by atoms with van der Waals surface area (Å²) < 4.78 is 12.8. The quantitative estimate of drug-likeness (QED) is 0.434. The summed E-state index contributed by atoms with van der Waals surface area (Å²) in [6.45, 7) is 1.42. The Morgan fingerprint density at radius 2 is 1.97 bits per heavy atom. The molecule has 1 aliphatic rings. The van der Waals surface area contributed by atoms with E-state index >= 15 is 0 Å². The molecule has 1 saturated heterocycles. The normalized spacial score (nSPS) is 15.0. The first-order valence-electron chi connectivity index (χ1n) is 10.4. The molecular formula is C21H20N8O4. The van der Waals surface area contributed by atoms with Gasteiger partial charge in [-0.05, 0) is 53.5 Å². The average molecular weight is 448 g/mol. The van der Waals surface area contributed by atoms with Crippen LogP contribution in [-0.4, -0.2) is 61.4 Å². The molecule has 12 nitrogen and oxygen atoms in total. The third-order valence-electron chi connectivity index (χ3n) is 5.58. The van der Waals surface area contributed by atoms with Crippen LogP contribution in [0.5, 0.6) is 5.75 Å². The number of nitrogens with two attached hydrogens (primary N) is 1. The number of ether oxygens (including phenoxy) is 1. The number of rotatable bonds is 6. The first-order chi connectivity index (χ1) is 16.1. The van der Waals surface area contributed by atoms with Crippen LogP contribution in [0.25, 0.3) is 28.2 Å². The van der Waals surface area contributed by atoms with Crippen LogP contribution in [0.15, 0.2) is 52.5 Å². The monoisotopic (exact) mass is 448 g/mol. The van der Waals surface area contributed by atoms with E-state index < -0.39 is 5.91 Å². The molecule has 0 radical (unpaired) electrons. The average Bonchev–Trinajstić information content (AvgIpc) is 3.44. The Morgan fingerprint density at radius 3 is 2.67 bits per heavy atom. The number of amides is 1. The highest BCUT2D eigenvalue weighted by molar-refractivity contribution is 5.83. The predicted molar refractivity (Wildman–Crippen MR) is 117 cm³/mol. The van der Waals surface area contributed by atoms with Gasteiger partial charge in [-0.2, -0.15) is 0 Å². The van der Waals surface area contributed by atoms with Crippen LogP contribution < -0.4 is 10.5 Å². The molecule has 3 aromatic heterocycles. The SMILES string of the molecule is Nc1nonc1-c1nc2cnccc2n1-c1ccc(OC2CCN(CC(=O)N=O)CC2)cc1. The first-order valence-corrected chi connectivity index (χ1v) is 10.4. The lowest BCUT2D eigenvalue weighted by molar-refractivity contribution is -0.119. The van der Waals surface area contributed by atoms with Crippen molar-refractivity contribution in [1.82, 2.24) is 29.7 Å². The second kappa shape index (κ2) is 8.74. The van der Waals surface area contributed by atoms with Gasteiger partial charge in [0, 0.05) is 30.2 Å². The van der Waals surface area contributed by atoms with Crippen LogP contribution >= 0.6 is 0 Å². The largest absolute Gasteiger partial charge is 0.490 e. The Kier molecular flexibility index (Phi) is 5.48. The number of nitroso groups, excluding NO2 is 1. The predicted octanol–water partition coefficient (Wildman–Crippen LogP) is 2.19. The standard InChI is InChI=1S/C21H20N8O4/c22-20-19(26-33-27-20)21-24-16-11-23-8-5-17(16)29(21)13-1-3-14(4-2-13)32-15-6-9-28(10-7-15)12-18(30)25-31/h1-5,8,11,15H,6-7,9-10,12H2,(H2,22,27). The number of likely N-dealkylation sites (tertiary alicyclic amines) is 1. The summed E-state index contributed by atoms with van der Waals surface area (Å²) in [5.41, 5.74) is 8.62. The van der Waals surface area contributed by atoms with Crippen molar-refractivity contribution in [2.24, 2.45) is 5.18 Å². The number of carbonyl (C=O) groups excluding carboxylic acids is 1. The minimum Gasteiger partial charge on any atom is -0.490 e. The van der Waals surface area contributed by atoms with Gasteiger partial charge in [0.25, 0.3) is 5.91 Å². The molecule has 0 bridgehead atoms. The molecule has 1 aromatic carbocycles. The second-order valence-corrected chi connectivity index (χ2v) is 7.71. The number of hydrogen-bond acceptors (Lipinski definition) is 10. The van der Waals surface area contributed by atoms with E-state index in [9.17, 15) is 9.70 Å². The first kappa shape index (κ1) is 20.7. The van der Waals surface area contributed by atoms with Crippen LogP contribution in [0.4, 0.5) is 5.82 Å². The summed E-state index contributed by atoms with van der Waals surface area (Å²) in [5, 5.41) is 10.0. The van der Waals surface area contributed by atoms with Crippen molar-refractivity contribution in [3.63, 3.8) is 0 Å². The minimum absolute atomic E-state index is 0.0307. The fraction of sp³-hybridized carbons (Fsp3) is 0.286. The van der Waals surface area contributed by atoms with Gasteiger partial charge in [0.05, 0.1) is 18.3 Å². The Balaban J connectivity index is 1.35. The highest BCUT2D eigenvalue weighted by Crippen LogP contribution is 2.30. The molecule has 2 N–H and O–H groups in total. The maximum Gasteiger partial charge on any atom is 0.300 e. The van der Waals surface area contributed by atoms with Crippen LogP contribution in [0.3, 0.4) is 0 Å². The summed E-state index contributed by atoms with van der Waals surface area (Å²) in [6, 6.07) is 9.49. The van der Waals surface area contributed by atoms with Gasteiger partial charge in [0.15, 0.2) is 17.3 Å². The van der Waals surface area contributed by atoms with E-state index in [0.717, 1.165) is 29.8 Å². The number of pyridine rings is 1. The van der Waals surface area contributed by atoms with Crippen molar-refractivity contribution >= 4 is 22.8 Å². The van der Waals surface area contributed by atoms with Crippen molar-refractivity contribution in [3.8, 4) is 23.0 Å². The summed E-state index contributed by atoms with van der Waals surface area (Å²) in [6.07, 6.45) is 4.91. The fourth-order valence-corrected chi connectivity index (χ4v) is 3.97. The second-order valence-electron chi connectivity index (χ2n) is 7.71. The van der Waals surface area contributed by atoms with Crippen molar-refractivity contribution in [1.29, 1.82) is 0 Å². The van der Waals surface area contributed by atoms with Crippen molar-refractivity contribution < 1.29 is 14.2 Å². The maximum atomic E-state index is 11.2. The molecule has 1 aliphatic heterocycles. The van der Waals surface area contributed by atoms with E-state index in [-0.39, 0.29) is 18.5 Å². The lowest BCUT2D eigenvalue weighted by Gasteiger charge is -2.31. The van der Waals surface area contributed by atoms with E-state index in [1.165, 1.54) is 0 Å². The van der Waals surface area contributed by atoms with E-state index in [2.05, 4.69) is 25.5 Å². The van der Waals surface area contributed by atoms with Crippen molar-refractivity contribution in [2.45, 2.75) is 18.9 Å². The number of imidazole rings is 1. The molecule has 0 unspecified atom stereocenters. The zero-order valence-corrected chi connectivity index (χ0v) is 17.5. The maximum absolute atomic E-state index is 11.2. The molecular weight excluding hydrogens is 428 g/mol. The van der Waals surface area contributed by atoms with Gasteiger partial charge in [-0.25, -0.2) is 9.61 Å². The molecule has 12 heteroatoms. The Hall–Kier alpha value is -4.19. The van der Waals surface area contributed by atoms with Gasteiger partial charge >= 0.3 is 0 Å². The molecule has 0 saturated carbocycles. The molecule has 1 amide bonds. The smallest absolute Gasteiger partial charge is 0.300 e. The Morgan fingerprint density at radius 1 is 1.18 bits per heavy atom. The summed E-state index contributed by atoms with van der Waals surface area (Å²) in [5.74, 6) is 0.738. The van der Waals surface area contributed by atoms with Gasteiger partial charge in [-0.15, -0.1) is 4.91 Å². The van der Waals surface area contributed by atoms with E-state index in [1.54, 1.807) is 12.4 Å². The molecule has 33 heavy (non-hydrogen) atoms. The van der Waals surface area contributed by atoms with Crippen LogP contribution in [-0.2, 0) is 4.79 Å². The van der Waals surface area contributed by atoms with Crippen LogP contribution in [0.1, 0.15) is 12.8 Å². The number of anilines is 1. The fourth-order valence-electron chi connectivity index (χ4n) is 3.97. The number of carbonyl (C=O) groups is 1. The third kappa shape index (κ3) is 4.15. The molecule has 0 atom stereocenters. The molecule has 0 spiro atoms. The van der Waals surface area contributed by atoms with Crippen LogP contribution in [0.2, 0.25) is 0 Å². The van der Waals surface area contributed by atoms with Gasteiger partial charge in [0.1, 0.15) is 17.4 Å². The number of piperidine rings is 1. The number of hydrogen-bond donors (Lipinski definition) is 1. The number of fused-ring (bicyclic) bond motifs is 1. The number of aromatic nitrogens is 5. The van der Waals surface area contributed by atoms with Gasteiger partial charge in [-0.1, -0.05) is 0 Å². The topological polar surface area (TPSA) is 155 Å². The van der Waals surface area contributed by atoms with Gasteiger partial charge in [-0.3, -0.25) is 19.2 Å². The Bertz CT molecular complexity index is 1290. The van der Waals surface area contributed by atoms with Crippen LogP contribution in [0, 0.1) is 4.91 Å².